The van der Waals surface area contributed by atoms with Crippen LogP contribution < -0.4 is 20.9 Å². The summed E-state index contributed by atoms with van der Waals surface area (Å²) in [6.07, 6.45) is 2.08. The van der Waals surface area contributed by atoms with Crippen molar-refractivity contribution >= 4 is 17.6 Å². The second-order valence-electron chi connectivity index (χ2n) is 9.18. The van der Waals surface area contributed by atoms with E-state index < -0.39 is 0 Å². The molecule has 0 amide bonds. The van der Waals surface area contributed by atoms with Crippen LogP contribution in [0, 0.1) is 5.92 Å². The average molecular weight is 473 g/mol. The van der Waals surface area contributed by atoms with Crippen LogP contribution in [0.1, 0.15) is 39.3 Å². The predicted octanol–water partition coefficient (Wildman–Crippen LogP) is 2.63. The fourth-order valence-electron chi connectivity index (χ4n) is 3.58. The van der Waals surface area contributed by atoms with Crippen molar-refractivity contribution in [1.29, 1.82) is 0 Å². The van der Waals surface area contributed by atoms with Gasteiger partial charge in [0.1, 0.15) is 18.2 Å². The highest BCUT2D eigenvalue weighted by molar-refractivity contribution is 5.55. The number of H-pyrrole nitrogens is 1. The van der Waals surface area contributed by atoms with E-state index in [0.29, 0.717) is 48.5 Å². The van der Waals surface area contributed by atoms with Gasteiger partial charge in [-0.15, -0.1) is 5.48 Å². The number of aromatic amines is 1. The van der Waals surface area contributed by atoms with E-state index in [1.807, 2.05) is 6.07 Å². The third-order valence-electron chi connectivity index (χ3n) is 5.77. The molecule has 34 heavy (non-hydrogen) atoms. The number of hydrogen-bond acceptors (Lipinski definition) is 10. The van der Waals surface area contributed by atoms with Gasteiger partial charge in [-0.3, -0.25) is 10.00 Å². The first kappa shape index (κ1) is 24.2. The molecular formula is C23H36N8O3. The van der Waals surface area contributed by atoms with Gasteiger partial charge in [-0.25, -0.2) is 0 Å². The number of nitrogens with one attached hydrogen (secondary N) is 4. The van der Waals surface area contributed by atoms with Gasteiger partial charge in [-0.2, -0.15) is 15.1 Å². The van der Waals surface area contributed by atoms with Crippen molar-refractivity contribution in [3.8, 4) is 5.88 Å². The molecule has 1 fully saturated rings. The summed E-state index contributed by atoms with van der Waals surface area (Å²) < 4.78 is 11.4. The highest BCUT2D eigenvalue weighted by Gasteiger charge is 2.20. The summed E-state index contributed by atoms with van der Waals surface area (Å²) in [5, 5.41) is 13.9. The lowest BCUT2D eigenvalue weighted by Crippen LogP contribution is -2.38. The molecule has 1 unspecified atom stereocenters. The number of anilines is 3. The summed E-state index contributed by atoms with van der Waals surface area (Å²) in [7, 11) is 0. The maximum Gasteiger partial charge on any atom is 0.228 e. The highest BCUT2D eigenvalue weighted by atomic mass is 16.7. The van der Waals surface area contributed by atoms with Gasteiger partial charge in [0.25, 0.3) is 0 Å². The van der Waals surface area contributed by atoms with E-state index in [0.717, 1.165) is 44.3 Å². The van der Waals surface area contributed by atoms with E-state index in [-0.39, 0.29) is 6.04 Å². The van der Waals surface area contributed by atoms with Gasteiger partial charge in [0.15, 0.2) is 5.82 Å². The Morgan fingerprint density at radius 3 is 2.68 bits per heavy atom. The fraction of sp³-hybridized carbons (Fsp3) is 0.609. The molecule has 2 aliphatic rings. The highest BCUT2D eigenvalue weighted by Crippen LogP contribution is 2.22. The third kappa shape index (κ3) is 6.81. The Bertz CT molecular complexity index is 955. The summed E-state index contributed by atoms with van der Waals surface area (Å²) in [5.41, 5.74) is 4.08. The second kappa shape index (κ2) is 11.5. The number of aromatic nitrogens is 4. The molecule has 11 nitrogen and oxygen atoms in total. The molecule has 186 valence electrons. The summed E-state index contributed by atoms with van der Waals surface area (Å²) in [5.74, 6) is 3.84. The number of morpholine rings is 1. The van der Waals surface area contributed by atoms with Crippen LogP contribution in [-0.4, -0.2) is 77.1 Å². The average Bonchev–Trinajstić information content (AvgIpc) is 3.48. The minimum atomic E-state index is 0.194. The van der Waals surface area contributed by atoms with Crippen molar-refractivity contribution in [3.05, 3.63) is 29.7 Å². The molecule has 0 spiro atoms. The van der Waals surface area contributed by atoms with E-state index in [1.54, 1.807) is 6.07 Å². The number of nitrogens with zero attached hydrogens (tertiary/aromatic N) is 4. The van der Waals surface area contributed by atoms with Crippen LogP contribution in [0.15, 0.2) is 24.0 Å². The molecule has 2 aromatic rings. The second-order valence-corrected chi connectivity index (χ2v) is 9.18. The Labute approximate surface area is 200 Å². The normalized spacial score (nSPS) is 18.8. The first-order valence-corrected chi connectivity index (χ1v) is 12.0. The lowest BCUT2D eigenvalue weighted by Gasteiger charge is -2.26. The van der Waals surface area contributed by atoms with E-state index >= 15 is 0 Å². The van der Waals surface area contributed by atoms with Gasteiger partial charge in [0.2, 0.25) is 11.8 Å². The molecule has 11 heteroatoms. The number of rotatable bonds is 11. The van der Waals surface area contributed by atoms with Crippen molar-refractivity contribution in [3.63, 3.8) is 0 Å². The molecule has 4 heterocycles. The molecule has 1 atom stereocenters. The van der Waals surface area contributed by atoms with Crippen molar-refractivity contribution in [2.24, 2.45) is 5.92 Å². The summed E-state index contributed by atoms with van der Waals surface area (Å²) in [6.45, 7) is 13.7. The quantitative estimate of drug-likeness (QED) is 0.388. The minimum Gasteiger partial charge on any atom is -0.476 e. The molecule has 2 aromatic heterocycles. The van der Waals surface area contributed by atoms with Crippen molar-refractivity contribution < 1.29 is 14.3 Å². The Morgan fingerprint density at radius 1 is 1.15 bits per heavy atom. The van der Waals surface area contributed by atoms with Crippen molar-refractivity contribution in [2.75, 3.05) is 56.6 Å². The van der Waals surface area contributed by atoms with Gasteiger partial charge >= 0.3 is 0 Å². The van der Waals surface area contributed by atoms with Crippen LogP contribution in [0.2, 0.25) is 0 Å². The largest absolute Gasteiger partial charge is 0.476 e. The van der Waals surface area contributed by atoms with Gasteiger partial charge < -0.3 is 24.9 Å². The summed E-state index contributed by atoms with van der Waals surface area (Å²) >= 11 is 0. The Hall–Kier alpha value is -2.89. The third-order valence-corrected chi connectivity index (χ3v) is 5.77. The molecule has 2 aliphatic heterocycles. The molecule has 0 bridgehead atoms. The van der Waals surface area contributed by atoms with E-state index in [4.69, 9.17) is 14.3 Å². The zero-order chi connectivity index (χ0) is 23.9. The SMILES string of the molecule is CC(C)c1cc(Nc2cc(OCCN3CCOCC3)nc(NCC3=CC(C(C)C)NO3)n2)n[nH]1. The smallest absolute Gasteiger partial charge is 0.228 e. The van der Waals surface area contributed by atoms with Crippen LogP contribution >= 0.6 is 0 Å². The lowest BCUT2D eigenvalue weighted by molar-refractivity contribution is 0.0320. The number of hydroxylamine groups is 1. The van der Waals surface area contributed by atoms with Gasteiger partial charge in [-0.1, -0.05) is 27.7 Å². The molecule has 0 aromatic carbocycles. The van der Waals surface area contributed by atoms with Crippen LogP contribution in [-0.2, 0) is 9.57 Å². The van der Waals surface area contributed by atoms with E-state index in [2.05, 4.69) is 74.9 Å². The molecule has 0 saturated carbocycles. The molecular weight excluding hydrogens is 436 g/mol. The Kier molecular flexibility index (Phi) is 8.20. The van der Waals surface area contributed by atoms with E-state index in [1.165, 1.54) is 0 Å². The number of ether oxygens (including phenoxy) is 2. The van der Waals surface area contributed by atoms with Crippen LogP contribution in [0.3, 0.4) is 0 Å². The first-order valence-electron chi connectivity index (χ1n) is 12.0. The predicted molar refractivity (Wildman–Crippen MR) is 130 cm³/mol. The molecule has 0 radical (unpaired) electrons. The van der Waals surface area contributed by atoms with Crippen LogP contribution in [0.25, 0.3) is 0 Å². The monoisotopic (exact) mass is 472 g/mol. The summed E-state index contributed by atoms with van der Waals surface area (Å²) in [4.78, 5) is 17.0. The minimum absolute atomic E-state index is 0.194. The van der Waals surface area contributed by atoms with Gasteiger partial charge in [0.05, 0.1) is 25.8 Å². The topological polar surface area (TPSA) is 121 Å². The van der Waals surface area contributed by atoms with Crippen LogP contribution in [0.5, 0.6) is 5.88 Å². The van der Waals surface area contributed by atoms with Crippen molar-refractivity contribution in [2.45, 2.75) is 39.7 Å². The first-order chi connectivity index (χ1) is 16.5. The van der Waals surface area contributed by atoms with Gasteiger partial charge in [-0.05, 0) is 17.9 Å². The standard InChI is InChI=1S/C23H36N8O3/c1-15(2)18-12-21(29-28-18)25-20-13-22(33-10-7-31-5-8-32-9-6-31)27-23(26-20)24-14-17-11-19(16(3)4)30-34-17/h11-13,15-16,19,30H,5-10,14H2,1-4H3,(H3,24,25,26,27,28,29). The maximum absolute atomic E-state index is 5.99. The molecule has 1 saturated heterocycles. The van der Waals surface area contributed by atoms with E-state index in [9.17, 15) is 0 Å². The zero-order valence-corrected chi connectivity index (χ0v) is 20.4. The molecule has 0 aliphatic carbocycles. The Morgan fingerprint density at radius 2 is 1.97 bits per heavy atom. The zero-order valence-electron chi connectivity index (χ0n) is 20.4. The fourth-order valence-corrected chi connectivity index (χ4v) is 3.58. The molecule has 4 rings (SSSR count). The Balaban J connectivity index is 1.42. The van der Waals surface area contributed by atoms with Gasteiger partial charge in [0, 0.05) is 37.5 Å². The van der Waals surface area contributed by atoms with Crippen LogP contribution in [0.4, 0.5) is 17.6 Å². The van der Waals surface area contributed by atoms with Crippen molar-refractivity contribution in [1.82, 2.24) is 30.5 Å². The molecule has 4 N–H and O–H groups in total. The lowest BCUT2D eigenvalue weighted by atomic mass is 10.1. The number of hydrogen-bond donors (Lipinski definition) is 4. The summed E-state index contributed by atoms with van der Waals surface area (Å²) in [6, 6.07) is 3.96. The maximum atomic E-state index is 5.99.